The first-order valence-electron chi connectivity index (χ1n) is 3.87. The monoisotopic (exact) mass is 348 g/mol. The summed E-state index contributed by atoms with van der Waals surface area (Å²) in [6.45, 7) is 4.56. The zero-order chi connectivity index (χ0) is 13.2. The molecule has 0 unspecified atom stereocenters. The van der Waals surface area contributed by atoms with E-state index in [2.05, 4.69) is 10.6 Å². The van der Waals surface area contributed by atoms with Gasteiger partial charge in [-0.25, -0.2) is 0 Å². The second-order valence-corrected chi connectivity index (χ2v) is 4.18. The number of rotatable bonds is 0. The van der Waals surface area contributed by atoms with Gasteiger partial charge >= 0.3 is 69.2 Å². The fourth-order valence-electron chi connectivity index (χ4n) is 0.604. The Kier molecular flexibility index (Phi) is 32.2. The molecular formula is C4H10Mg3N2O8P2. The number of piperazine rings is 1. The van der Waals surface area contributed by atoms with Gasteiger partial charge in [-0.1, -0.05) is 0 Å². The molecule has 1 heterocycles. The Hall–Kier alpha value is 2.44. The predicted octanol–water partition coefficient (Wildman–Crippen LogP) is -7.61. The van der Waals surface area contributed by atoms with Gasteiger partial charge in [0.05, 0.1) is 0 Å². The molecule has 0 amide bonds. The zero-order valence-electron chi connectivity index (χ0n) is 10.1. The van der Waals surface area contributed by atoms with Crippen molar-refractivity contribution in [2.24, 2.45) is 0 Å². The third-order valence-electron chi connectivity index (χ3n) is 0.957. The molecule has 1 rings (SSSR count). The molecule has 0 spiro atoms. The summed E-state index contributed by atoms with van der Waals surface area (Å²) in [6.07, 6.45) is 0. The largest absolute Gasteiger partial charge is 2.00 e. The molecular weight excluding hydrogens is 339 g/mol. The molecule has 1 saturated heterocycles. The van der Waals surface area contributed by atoms with Crippen LogP contribution in [0.5, 0.6) is 0 Å². The van der Waals surface area contributed by atoms with Crippen LogP contribution in [0.3, 0.4) is 0 Å². The van der Waals surface area contributed by atoms with E-state index in [1.807, 2.05) is 0 Å². The van der Waals surface area contributed by atoms with E-state index in [9.17, 15) is 0 Å². The molecule has 10 nitrogen and oxygen atoms in total. The second-order valence-electron chi connectivity index (χ2n) is 2.39. The summed E-state index contributed by atoms with van der Waals surface area (Å²) in [4.78, 5) is 51.3. The van der Waals surface area contributed by atoms with Gasteiger partial charge in [-0.05, 0) is 0 Å². The van der Waals surface area contributed by atoms with Gasteiger partial charge in [0.25, 0.3) is 0 Å². The van der Waals surface area contributed by atoms with Crippen molar-refractivity contribution in [2.75, 3.05) is 26.2 Å². The maximum atomic E-state index is 8.55. The summed E-state index contributed by atoms with van der Waals surface area (Å²) < 4.78 is 17.1. The van der Waals surface area contributed by atoms with E-state index in [1.165, 1.54) is 0 Å². The minimum atomic E-state index is -5.39. The number of phosphoric acid groups is 2. The zero-order valence-corrected chi connectivity index (χ0v) is 16.1. The Balaban J connectivity index is -0.0000000482. The van der Waals surface area contributed by atoms with Crippen LogP contribution < -0.4 is 40.0 Å². The molecule has 0 aromatic carbocycles. The first kappa shape index (κ1) is 33.1. The van der Waals surface area contributed by atoms with Gasteiger partial charge in [0.1, 0.15) is 0 Å². The Morgan fingerprint density at radius 3 is 0.737 bits per heavy atom. The van der Waals surface area contributed by atoms with E-state index in [0.29, 0.717) is 0 Å². The average molecular weight is 349 g/mol. The Labute approximate surface area is 159 Å². The Morgan fingerprint density at radius 1 is 0.579 bits per heavy atom. The molecule has 0 radical (unpaired) electrons. The fraction of sp³-hybridized carbons (Fsp3) is 1.00. The predicted molar refractivity (Wildman–Crippen MR) is 58.2 cm³/mol. The van der Waals surface area contributed by atoms with E-state index in [4.69, 9.17) is 38.5 Å². The van der Waals surface area contributed by atoms with Crippen molar-refractivity contribution >= 4 is 84.8 Å². The third kappa shape index (κ3) is 97.6. The molecule has 19 heavy (non-hydrogen) atoms. The van der Waals surface area contributed by atoms with Gasteiger partial charge in [0.2, 0.25) is 0 Å². The molecule has 2 N–H and O–H groups in total. The summed E-state index contributed by atoms with van der Waals surface area (Å²) in [7, 11) is -10.8. The third-order valence-corrected chi connectivity index (χ3v) is 0.957. The molecule has 100 valence electrons. The standard InChI is InChI=1S/C4H10N2.3Mg.2H3O4P/c1-2-6-4-3-5-1;;;;2*1-5(2,3)4/h5-6H,1-4H2;;;;2*(H3,1,2,3,4)/q;3*+2;;/p-6. The van der Waals surface area contributed by atoms with Crippen molar-refractivity contribution in [2.45, 2.75) is 0 Å². The summed E-state index contributed by atoms with van der Waals surface area (Å²) in [5, 5.41) is 6.44. The molecule has 1 aliphatic heterocycles. The van der Waals surface area contributed by atoms with Gasteiger partial charge in [0.15, 0.2) is 0 Å². The second kappa shape index (κ2) is 18.5. The topological polar surface area (TPSA) is 197 Å². The number of hydrogen-bond donors (Lipinski definition) is 2. The smallest absolute Gasteiger partial charge is 0.822 e. The van der Waals surface area contributed by atoms with Crippen LogP contribution in [0, 0.1) is 0 Å². The van der Waals surface area contributed by atoms with Crippen molar-refractivity contribution < 1.29 is 38.5 Å². The minimum absolute atomic E-state index is 0. The van der Waals surface area contributed by atoms with Crippen molar-refractivity contribution in [3.63, 3.8) is 0 Å². The molecule has 0 aromatic heterocycles. The molecule has 0 aliphatic carbocycles. The molecule has 0 atom stereocenters. The number of hydrogen-bond acceptors (Lipinski definition) is 10. The van der Waals surface area contributed by atoms with Gasteiger partial charge < -0.3 is 49.1 Å². The van der Waals surface area contributed by atoms with Gasteiger partial charge in [-0.3, -0.25) is 0 Å². The first-order chi connectivity index (χ1) is 7.00. The van der Waals surface area contributed by atoms with Gasteiger partial charge in [-0.15, -0.1) is 0 Å². The van der Waals surface area contributed by atoms with Gasteiger partial charge in [0, 0.05) is 26.2 Å². The summed E-state index contributed by atoms with van der Waals surface area (Å²) in [6, 6.07) is 0. The fourth-order valence-corrected chi connectivity index (χ4v) is 0.604. The average Bonchev–Trinajstić information content (AvgIpc) is 2.01. The minimum Gasteiger partial charge on any atom is -0.822 e. The normalized spacial score (nSPS) is 13.8. The molecule has 0 bridgehead atoms. The molecule has 0 aromatic rings. The Morgan fingerprint density at radius 2 is 0.684 bits per heavy atom. The van der Waals surface area contributed by atoms with E-state index < -0.39 is 15.6 Å². The Bertz CT molecular complexity index is 208. The van der Waals surface area contributed by atoms with E-state index in [0.717, 1.165) is 26.2 Å². The molecule has 0 saturated carbocycles. The molecule has 1 aliphatic rings. The van der Waals surface area contributed by atoms with Crippen LogP contribution >= 0.6 is 15.6 Å². The van der Waals surface area contributed by atoms with E-state index in [1.54, 1.807) is 0 Å². The van der Waals surface area contributed by atoms with Crippen molar-refractivity contribution in [3.05, 3.63) is 0 Å². The van der Waals surface area contributed by atoms with Crippen LogP contribution in [0.1, 0.15) is 0 Å². The van der Waals surface area contributed by atoms with Crippen LogP contribution in [0.2, 0.25) is 0 Å². The van der Waals surface area contributed by atoms with Crippen molar-refractivity contribution in [3.8, 4) is 0 Å². The molecule has 1 fully saturated rings. The van der Waals surface area contributed by atoms with Crippen molar-refractivity contribution in [1.82, 2.24) is 10.6 Å². The first-order valence-corrected chi connectivity index (χ1v) is 6.80. The number of nitrogens with one attached hydrogen (secondary N) is 2. The summed E-state index contributed by atoms with van der Waals surface area (Å²) >= 11 is 0. The summed E-state index contributed by atoms with van der Waals surface area (Å²) in [5.41, 5.74) is 0. The van der Waals surface area contributed by atoms with E-state index >= 15 is 0 Å². The van der Waals surface area contributed by atoms with Crippen LogP contribution in [0.25, 0.3) is 0 Å². The summed E-state index contributed by atoms with van der Waals surface area (Å²) in [5.74, 6) is 0. The van der Waals surface area contributed by atoms with Crippen LogP contribution in [0.15, 0.2) is 0 Å². The SMILES string of the molecule is C1CNCCN1.O=P([O-])([O-])[O-].O=P([O-])([O-])[O-].[Mg+2].[Mg+2].[Mg+2]. The maximum absolute atomic E-state index is 8.55. The van der Waals surface area contributed by atoms with E-state index in [-0.39, 0.29) is 69.2 Å². The van der Waals surface area contributed by atoms with Gasteiger partial charge in [-0.2, -0.15) is 15.6 Å². The van der Waals surface area contributed by atoms with Crippen molar-refractivity contribution in [1.29, 1.82) is 0 Å². The maximum Gasteiger partial charge on any atom is 2.00 e. The quantitative estimate of drug-likeness (QED) is 0.313. The van der Waals surface area contributed by atoms with Crippen LogP contribution in [0.4, 0.5) is 0 Å². The van der Waals surface area contributed by atoms with Crippen LogP contribution in [-0.4, -0.2) is 95.3 Å². The van der Waals surface area contributed by atoms with Crippen LogP contribution in [-0.2, 0) is 9.13 Å². The molecule has 15 heteroatoms.